The molecule has 3 nitrogen and oxygen atoms in total. The van der Waals surface area contributed by atoms with Gasteiger partial charge in [0, 0.05) is 6.42 Å². The summed E-state index contributed by atoms with van der Waals surface area (Å²) in [4.78, 5) is 10.9. The Morgan fingerprint density at radius 3 is 2.93 bits per heavy atom. The van der Waals surface area contributed by atoms with Crippen LogP contribution in [0.25, 0.3) is 0 Å². The zero-order valence-electron chi connectivity index (χ0n) is 7.99. The SMILES string of the molecule is [B]c1c(O)cccc1CCC(=O)OC. The van der Waals surface area contributed by atoms with E-state index < -0.39 is 0 Å². The third-order valence-electron chi connectivity index (χ3n) is 2.00. The van der Waals surface area contributed by atoms with Crippen molar-refractivity contribution in [2.75, 3.05) is 7.11 Å². The van der Waals surface area contributed by atoms with Crippen molar-refractivity contribution in [3.8, 4) is 5.75 Å². The smallest absolute Gasteiger partial charge is 0.305 e. The number of carbonyl (C=O) groups is 1. The molecule has 14 heavy (non-hydrogen) atoms. The van der Waals surface area contributed by atoms with Crippen LogP contribution in [0.4, 0.5) is 0 Å². The molecule has 0 spiro atoms. The molecule has 0 heterocycles. The number of aromatic hydroxyl groups is 1. The molecule has 0 unspecified atom stereocenters. The maximum atomic E-state index is 10.9. The highest BCUT2D eigenvalue weighted by Crippen LogP contribution is 2.08. The number of aryl methyl sites for hydroxylation is 1. The molecule has 0 aliphatic heterocycles. The van der Waals surface area contributed by atoms with Crippen molar-refractivity contribution in [1.29, 1.82) is 0 Å². The minimum absolute atomic E-state index is 0.0485. The van der Waals surface area contributed by atoms with E-state index in [2.05, 4.69) is 4.74 Å². The van der Waals surface area contributed by atoms with Crippen LogP contribution in [-0.4, -0.2) is 26.0 Å². The second kappa shape index (κ2) is 4.70. The van der Waals surface area contributed by atoms with Gasteiger partial charge in [0.05, 0.1) is 7.11 Å². The normalized spacial score (nSPS) is 9.79. The molecule has 1 aromatic carbocycles. The predicted molar refractivity (Wildman–Crippen MR) is 53.8 cm³/mol. The molecule has 2 radical (unpaired) electrons. The first kappa shape index (κ1) is 10.6. The first-order valence-electron chi connectivity index (χ1n) is 4.28. The van der Waals surface area contributed by atoms with Gasteiger partial charge in [-0.05, 0) is 12.5 Å². The van der Waals surface area contributed by atoms with Crippen LogP contribution >= 0.6 is 0 Å². The third kappa shape index (κ3) is 2.52. The number of ether oxygens (including phenoxy) is 1. The van der Waals surface area contributed by atoms with Crippen LogP contribution in [0.1, 0.15) is 12.0 Å². The molecule has 0 amide bonds. The molecule has 0 aromatic heterocycles. The van der Waals surface area contributed by atoms with E-state index in [9.17, 15) is 9.90 Å². The van der Waals surface area contributed by atoms with E-state index in [4.69, 9.17) is 7.85 Å². The molecule has 4 heteroatoms. The second-order valence-electron chi connectivity index (χ2n) is 2.93. The summed E-state index contributed by atoms with van der Waals surface area (Å²) >= 11 is 0. The molecule has 0 aliphatic rings. The van der Waals surface area contributed by atoms with E-state index in [1.165, 1.54) is 13.2 Å². The molecule has 0 atom stereocenters. The summed E-state index contributed by atoms with van der Waals surface area (Å²) in [5.74, 6) is -0.236. The van der Waals surface area contributed by atoms with Gasteiger partial charge in [-0.2, -0.15) is 0 Å². The molecule has 0 saturated carbocycles. The summed E-state index contributed by atoms with van der Waals surface area (Å²) in [6.07, 6.45) is 0.747. The number of esters is 1. The number of hydrogen-bond donors (Lipinski definition) is 1. The van der Waals surface area contributed by atoms with Gasteiger partial charge in [-0.25, -0.2) is 0 Å². The fourth-order valence-electron chi connectivity index (χ4n) is 1.16. The lowest BCUT2D eigenvalue weighted by Gasteiger charge is -2.06. The van der Waals surface area contributed by atoms with Crippen LogP contribution in [0.15, 0.2) is 18.2 Å². The zero-order chi connectivity index (χ0) is 10.6. The first-order valence-corrected chi connectivity index (χ1v) is 4.28. The van der Waals surface area contributed by atoms with E-state index in [0.29, 0.717) is 11.9 Å². The Labute approximate surface area is 84.1 Å². The van der Waals surface area contributed by atoms with E-state index in [1.54, 1.807) is 12.1 Å². The lowest BCUT2D eigenvalue weighted by molar-refractivity contribution is -0.140. The van der Waals surface area contributed by atoms with Gasteiger partial charge < -0.3 is 9.84 Å². The van der Waals surface area contributed by atoms with Crippen LogP contribution < -0.4 is 5.46 Å². The van der Waals surface area contributed by atoms with E-state index in [-0.39, 0.29) is 18.1 Å². The van der Waals surface area contributed by atoms with Gasteiger partial charge in [0.2, 0.25) is 0 Å². The molecule has 0 bridgehead atoms. The van der Waals surface area contributed by atoms with Gasteiger partial charge >= 0.3 is 5.97 Å². The Hall–Kier alpha value is -1.45. The van der Waals surface area contributed by atoms with Crippen LogP contribution in [0.5, 0.6) is 5.75 Å². The average Bonchev–Trinajstić information content (AvgIpc) is 2.20. The standard InChI is InChI=1S/C10H11BO3/c1-14-9(13)6-5-7-3-2-4-8(12)10(7)11/h2-4,12H,5-6H2,1H3. The minimum Gasteiger partial charge on any atom is -0.509 e. The van der Waals surface area contributed by atoms with E-state index >= 15 is 0 Å². The highest BCUT2D eigenvalue weighted by atomic mass is 16.5. The van der Waals surface area contributed by atoms with Gasteiger partial charge in [0.15, 0.2) is 0 Å². The van der Waals surface area contributed by atoms with Gasteiger partial charge in [0.1, 0.15) is 13.6 Å². The maximum Gasteiger partial charge on any atom is 0.305 e. The molecular formula is C10H11BO3. The largest absolute Gasteiger partial charge is 0.509 e. The zero-order valence-corrected chi connectivity index (χ0v) is 7.99. The number of benzene rings is 1. The fourth-order valence-corrected chi connectivity index (χ4v) is 1.16. The Bertz CT molecular complexity index is 336. The number of phenols is 1. The van der Waals surface area contributed by atoms with Crippen LogP contribution in [-0.2, 0) is 16.0 Å². The monoisotopic (exact) mass is 190 g/mol. The van der Waals surface area contributed by atoms with Crippen LogP contribution in [0.2, 0.25) is 0 Å². The molecule has 1 rings (SSSR count). The Kier molecular flexibility index (Phi) is 3.57. The topological polar surface area (TPSA) is 46.5 Å². The van der Waals surface area contributed by atoms with Gasteiger partial charge in [-0.1, -0.05) is 23.2 Å². The molecule has 0 fully saturated rings. The Morgan fingerprint density at radius 1 is 1.57 bits per heavy atom. The van der Waals surface area contributed by atoms with Crippen molar-refractivity contribution in [3.05, 3.63) is 23.8 Å². The van der Waals surface area contributed by atoms with Crippen molar-refractivity contribution >= 4 is 19.3 Å². The number of hydrogen-bond acceptors (Lipinski definition) is 3. The fraction of sp³-hybridized carbons (Fsp3) is 0.300. The molecule has 72 valence electrons. The molecule has 1 N–H and O–H groups in total. The number of methoxy groups -OCH3 is 1. The predicted octanol–water partition coefficient (Wildman–Crippen LogP) is 0.292. The molecular weight excluding hydrogens is 179 g/mol. The quantitative estimate of drug-likeness (QED) is 0.550. The molecule has 0 aliphatic carbocycles. The summed E-state index contributed by atoms with van der Waals surface area (Å²) in [5, 5.41) is 9.28. The summed E-state index contributed by atoms with van der Waals surface area (Å²) in [6, 6.07) is 4.98. The number of carbonyl (C=O) groups excluding carboxylic acids is 1. The lowest BCUT2D eigenvalue weighted by atomic mass is 9.87. The molecule has 0 saturated heterocycles. The average molecular weight is 190 g/mol. The maximum absolute atomic E-state index is 10.9. The van der Waals surface area contributed by atoms with Crippen LogP contribution in [0, 0.1) is 0 Å². The van der Waals surface area contributed by atoms with Gasteiger partial charge in [0.25, 0.3) is 0 Å². The highest BCUT2D eigenvalue weighted by molar-refractivity contribution is 6.35. The first-order chi connectivity index (χ1) is 6.65. The van der Waals surface area contributed by atoms with Gasteiger partial charge in [-0.15, -0.1) is 0 Å². The Balaban J connectivity index is 2.68. The van der Waals surface area contributed by atoms with Crippen LogP contribution in [0.3, 0.4) is 0 Å². The summed E-state index contributed by atoms with van der Waals surface area (Å²) in [5.41, 5.74) is 1.09. The van der Waals surface area contributed by atoms with Crippen molar-refractivity contribution < 1.29 is 14.6 Å². The van der Waals surface area contributed by atoms with E-state index in [0.717, 1.165) is 5.56 Å². The highest BCUT2D eigenvalue weighted by Gasteiger charge is 2.05. The summed E-state index contributed by atoms with van der Waals surface area (Å²) in [7, 11) is 6.95. The minimum atomic E-state index is -0.284. The third-order valence-corrected chi connectivity index (χ3v) is 2.00. The van der Waals surface area contributed by atoms with Crippen molar-refractivity contribution in [2.24, 2.45) is 0 Å². The second-order valence-corrected chi connectivity index (χ2v) is 2.93. The van der Waals surface area contributed by atoms with E-state index in [1.807, 2.05) is 0 Å². The molecule has 1 aromatic rings. The lowest BCUT2D eigenvalue weighted by Crippen LogP contribution is -2.12. The number of phenolic OH excluding ortho intramolecular Hbond substituents is 1. The Morgan fingerprint density at radius 2 is 2.29 bits per heavy atom. The van der Waals surface area contributed by atoms with Crippen molar-refractivity contribution in [1.82, 2.24) is 0 Å². The van der Waals surface area contributed by atoms with Crippen molar-refractivity contribution in [2.45, 2.75) is 12.8 Å². The van der Waals surface area contributed by atoms with Crippen molar-refractivity contribution in [3.63, 3.8) is 0 Å². The van der Waals surface area contributed by atoms with Gasteiger partial charge in [-0.3, -0.25) is 4.79 Å². The summed E-state index contributed by atoms with van der Waals surface area (Å²) < 4.78 is 4.50. The summed E-state index contributed by atoms with van der Waals surface area (Å²) in [6.45, 7) is 0. The number of rotatable bonds is 3.